The van der Waals surface area contributed by atoms with Crippen LogP contribution in [0.4, 0.5) is 0 Å². The number of methoxy groups -OCH3 is 1. The van der Waals surface area contributed by atoms with Crippen LogP contribution in [0.1, 0.15) is 110 Å². The van der Waals surface area contributed by atoms with Crippen molar-refractivity contribution < 1.29 is 33.2 Å². The van der Waals surface area contributed by atoms with Crippen molar-refractivity contribution in [3.8, 4) is 0 Å². The molecular formula is C33H55IO7. The molecule has 8 heteroatoms. The average Bonchev–Trinajstić information content (AvgIpc) is 3.53. The fourth-order valence-corrected chi connectivity index (χ4v) is 7.90. The number of hydrogen-bond acceptors (Lipinski definition) is 7. The van der Waals surface area contributed by atoms with Gasteiger partial charge in [-0.25, -0.2) is 0 Å². The molecule has 4 fully saturated rings. The van der Waals surface area contributed by atoms with Gasteiger partial charge in [-0.15, -0.1) is 0 Å². The van der Waals surface area contributed by atoms with E-state index in [0.29, 0.717) is 22.2 Å². The Labute approximate surface area is 262 Å². The highest BCUT2D eigenvalue weighted by atomic mass is 127. The zero-order chi connectivity index (χ0) is 29.0. The molecule has 0 bridgehead atoms. The molecule has 0 amide bonds. The highest BCUT2D eigenvalue weighted by Gasteiger charge is 2.51. The summed E-state index contributed by atoms with van der Waals surface area (Å²) in [7, 11) is 1.46. The molecule has 1 saturated carbocycles. The Bertz CT molecular complexity index is 782. The Hall–Kier alpha value is -0.260. The highest BCUT2D eigenvalue weighted by molar-refractivity contribution is 14.1. The number of ether oxygens (including phenoxy) is 6. The zero-order valence-electron chi connectivity index (χ0n) is 25.7. The van der Waals surface area contributed by atoms with Crippen LogP contribution < -0.4 is 0 Å². The number of carbonyl (C=O) groups excluding carboxylic acids is 1. The summed E-state index contributed by atoms with van der Waals surface area (Å²) in [5.41, 5.74) is 0. The number of esters is 1. The molecule has 10 unspecified atom stereocenters. The lowest BCUT2D eigenvalue weighted by Gasteiger charge is -2.30. The van der Waals surface area contributed by atoms with E-state index in [-0.39, 0.29) is 48.9 Å². The quantitative estimate of drug-likeness (QED) is 0.0718. The molecule has 0 aromatic rings. The van der Waals surface area contributed by atoms with Gasteiger partial charge in [0.15, 0.2) is 12.6 Å². The van der Waals surface area contributed by atoms with E-state index in [1.54, 1.807) is 0 Å². The van der Waals surface area contributed by atoms with Crippen LogP contribution in [-0.4, -0.2) is 67.2 Å². The molecule has 0 aromatic carbocycles. The summed E-state index contributed by atoms with van der Waals surface area (Å²) in [4.78, 5) is 11.6. The third kappa shape index (κ3) is 10.7. The van der Waals surface area contributed by atoms with Crippen LogP contribution in [0, 0.1) is 17.8 Å². The van der Waals surface area contributed by atoms with Gasteiger partial charge in [-0.2, -0.15) is 0 Å². The van der Waals surface area contributed by atoms with Crippen molar-refractivity contribution in [1.82, 2.24) is 0 Å². The van der Waals surface area contributed by atoms with Crippen molar-refractivity contribution in [2.75, 3.05) is 20.3 Å². The summed E-state index contributed by atoms with van der Waals surface area (Å²) in [6.07, 6.45) is 20.6. The van der Waals surface area contributed by atoms with Gasteiger partial charge in [0, 0.05) is 35.9 Å². The minimum absolute atomic E-state index is 0.0457. The third-order valence-electron chi connectivity index (χ3n) is 9.37. The molecule has 0 aromatic heterocycles. The Morgan fingerprint density at radius 1 is 1.02 bits per heavy atom. The Morgan fingerprint density at radius 3 is 2.46 bits per heavy atom. The van der Waals surface area contributed by atoms with Crippen LogP contribution in [0.15, 0.2) is 12.2 Å². The minimum Gasteiger partial charge on any atom is -0.469 e. The number of alkyl halides is 1. The van der Waals surface area contributed by atoms with Gasteiger partial charge in [0.05, 0.1) is 31.5 Å². The van der Waals surface area contributed by atoms with Crippen LogP contribution in [-0.2, 0) is 33.2 Å². The van der Waals surface area contributed by atoms with Gasteiger partial charge in [0.25, 0.3) is 0 Å². The molecule has 1 aliphatic carbocycles. The lowest BCUT2D eigenvalue weighted by molar-refractivity contribution is -0.194. The van der Waals surface area contributed by atoms with Crippen LogP contribution in [0.3, 0.4) is 0 Å². The van der Waals surface area contributed by atoms with E-state index in [0.717, 1.165) is 71.0 Å². The molecule has 3 heterocycles. The number of carbonyl (C=O) groups is 1. The second-order valence-corrected chi connectivity index (χ2v) is 14.3. The molecule has 10 atom stereocenters. The molecule has 4 rings (SSSR count). The van der Waals surface area contributed by atoms with Crippen LogP contribution in [0.25, 0.3) is 0 Å². The fourth-order valence-electron chi connectivity index (χ4n) is 7.00. The van der Waals surface area contributed by atoms with Crippen LogP contribution in [0.2, 0.25) is 0 Å². The van der Waals surface area contributed by atoms with Gasteiger partial charge in [-0.05, 0) is 76.0 Å². The van der Waals surface area contributed by atoms with E-state index in [1.165, 1.54) is 39.2 Å². The van der Waals surface area contributed by atoms with Crippen molar-refractivity contribution in [3.05, 3.63) is 12.2 Å². The summed E-state index contributed by atoms with van der Waals surface area (Å²) in [5.74, 6) is 1.17. The molecule has 0 spiro atoms. The van der Waals surface area contributed by atoms with Crippen LogP contribution in [0.5, 0.6) is 0 Å². The second-order valence-electron chi connectivity index (χ2n) is 12.7. The molecule has 0 N–H and O–H groups in total. The first-order valence-electron chi connectivity index (χ1n) is 16.6. The topological polar surface area (TPSA) is 72.5 Å². The second kappa shape index (κ2) is 17.9. The predicted octanol–water partition coefficient (Wildman–Crippen LogP) is 7.52. The first-order chi connectivity index (χ1) is 20.0. The summed E-state index contributed by atoms with van der Waals surface area (Å²) >= 11 is 2.53. The van der Waals surface area contributed by atoms with Gasteiger partial charge < -0.3 is 28.4 Å². The third-order valence-corrected chi connectivity index (χ3v) is 10.8. The van der Waals surface area contributed by atoms with E-state index < -0.39 is 0 Å². The number of halogens is 1. The van der Waals surface area contributed by atoms with Crippen molar-refractivity contribution in [3.63, 3.8) is 0 Å². The largest absolute Gasteiger partial charge is 0.469 e. The molecular weight excluding hydrogens is 635 g/mol. The van der Waals surface area contributed by atoms with Crippen molar-refractivity contribution >= 4 is 28.6 Å². The minimum atomic E-state index is -0.132. The SMILES string of the molecule is CCCCC(C)CC(C=CC1C(OC2CCCCO2)CC2OC(C(I)CCCC(=O)OC)CC21)OC1CCCCO1. The Kier molecular flexibility index (Phi) is 14.7. The van der Waals surface area contributed by atoms with Gasteiger partial charge in [0.1, 0.15) is 0 Å². The first-order valence-corrected chi connectivity index (χ1v) is 17.8. The van der Waals surface area contributed by atoms with E-state index in [1.807, 2.05) is 0 Å². The normalized spacial score (nSPS) is 34.4. The van der Waals surface area contributed by atoms with Gasteiger partial charge in [0.2, 0.25) is 0 Å². The number of fused-ring (bicyclic) bond motifs is 1. The van der Waals surface area contributed by atoms with Gasteiger partial charge >= 0.3 is 5.97 Å². The summed E-state index contributed by atoms with van der Waals surface area (Å²) in [5, 5.41) is 0. The molecule has 41 heavy (non-hydrogen) atoms. The number of rotatable bonds is 16. The fraction of sp³-hybridized carbons (Fsp3) is 0.909. The molecule has 0 radical (unpaired) electrons. The Balaban J connectivity index is 1.43. The van der Waals surface area contributed by atoms with Crippen molar-refractivity contribution in [1.29, 1.82) is 0 Å². The van der Waals surface area contributed by atoms with E-state index in [2.05, 4.69) is 48.6 Å². The van der Waals surface area contributed by atoms with Crippen molar-refractivity contribution in [2.24, 2.45) is 17.8 Å². The standard InChI is InChI=1S/C33H55IO7/c1-4-5-11-23(2)20-24(39-32-14-6-8-18-37-32)16-17-25-26-21-30(27(34)12-10-13-31(35)36-3)40-29(26)22-28(25)41-33-15-7-9-19-38-33/h16-17,23-30,32-33H,4-15,18-22H2,1-3H3. The maximum atomic E-state index is 11.6. The molecule has 3 saturated heterocycles. The summed E-state index contributed by atoms with van der Waals surface area (Å²) in [6, 6.07) is 0. The van der Waals surface area contributed by atoms with Crippen molar-refractivity contribution in [2.45, 2.75) is 151 Å². The molecule has 236 valence electrons. The van der Waals surface area contributed by atoms with E-state index in [4.69, 9.17) is 28.4 Å². The zero-order valence-corrected chi connectivity index (χ0v) is 27.8. The maximum absolute atomic E-state index is 11.6. The average molecular weight is 691 g/mol. The summed E-state index contributed by atoms with van der Waals surface area (Å²) in [6.45, 7) is 6.21. The van der Waals surface area contributed by atoms with E-state index in [9.17, 15) is 4.79 Å². The summed E-state index contributed by atoms with van der Waals surface area (Å²) < 4.78 is 37.1. The highest BCUT2D eigenvalue weighted by Crippen LogP contribution is 2.48. The van der Waals surface area contributed by atoms with Crippen LogP contribution >= 0.6 is 22.6 Å². The maximum Gasteiger partial charge on any atom is 0.305 e. The predicted molar refractivity (Wildman–Crippen MR) is 168 cm³/mol. The molecule has 3 aliphatic heterocycles. The smallest absolute Gasteiger partial charge is 0.305 e. The van der Waals surface area contributed by atoms with E-state index >= 15 is 0 Å². The number of hydrogen-bond donors (Lipinski definition) is 0. The lowest BCUT2D eigenvalue weighted by Crippen LogP contribution is -2.32. The Morgan fingerprint density at radius 2 is 1.78 bits per heavy atom. The van der Waals surface area contributed by atoms with Gasteiger partial charge in [-0.1, -0.05) is 67.9 Å². The number of unbranched alkanes of at least 4 members (excludes halogenated alkanes) is 1. The molecule has 4 aliphatic rings. The molecule has 7 nitrogen and oxygen atoms in total. The first kappa shape index (κ1) is 33.6. The monoisotopic (exact) mass is 690 g/mol. The lowest BCUT2D eigenvalue weighted by atomic mass is 9.88. The van der Waals surface area contributed by atoms with Gasteiger partial charge in [-0.3, -0.25) is 4.79 Å².